The second kappa shape index (κ2) is 12.6. The van der Waals surface area contributed by atoms with Gasteiger partial charge in [0.25, 0.3) is 11.8 Å². The van der Waals surface area contributed by atoms with Gasteiger partial charge in [-0.1, -0.05) is 19.9 Å². The molecule has 1 aromatic carbocycles. The van der Waals surface area contributed by atoms with E-state index >= 15 is 0 Å². The van der Waals surface area contributed by atoms with E-state index in [0.717, 1.165) is 0 Å². The molecule has 158 valence electrons. The SMILES string of the molecule is CC(C)SCC[C@@H](N)C(O)C(=O)NNC(=O)c1cccc(OCC(O)CO)c1. The number of carbonyl (C=O) groups is 2. The lowest BCUT2D eigenvalue weighted by Crippen LogP contribution is -2.52. The van der Waals surface area contributed by atoms with E-state index in [9.17, 15) is 19.8 Å². The van der Waals surface area contributed by atoms with Gasteiger partial charge >= 0.3 is 0 Å². The number of aliphatic hydroxyl groups excluding tert-OH is 3. The molecular weight excluding hydrogens is 386 g/mol. The maximum atomic E-state index is 12.1. The first-order chi connectivity index (χ1) is 13.2. The predicted molar refractivity (Wildman–Crippen MR) is 107 cm³/mol. The van der Waals surface area contributed by atoms with E-state index < -0.39 is 36.7 Å². The highest BCUT2D eigenvalue weighted by Crippen LogP contribution is 2.14. The summed E-state index contributed by atoms with van der Waals surface area (Å²) < 4.78 is 5.26. The molecule has 1 aromatic rings. The lowest BCUT2D eigenvalue weighted by Gasteiger charge is -2.19. The van der Waals surface area contributed by atoms with Crippen LogP contribution >= 0.6 is 11.8 Å². The highest BCUT2D eigenvalue weighted by atomic mass is 32.2. The number of hydrogen-bond acceptors (Lipinski definition) is 8. The number of aliphatic hydroxyl groups is 3. The molecule has 7 N–H and O–H groups in total. The highest BCUT2D eigenvalue weighted by Gasteiger charge is 2.23. The van der Waals surface area contributed by atoms with Crippen molar-refractivity contribution in [3.8, 4) is 5.75 Å². The molecule has 0 bridgehead atoms. The van der Waals surface area contributed by atoms with E-state index in [0.29, 0.717) is 23.2 Å². The third-order valence-corrected chi connectivity index (χ3v) is 4.76. The first-order valence-corrected chi connectivity index (χ1v) is 9.96. The maximum absolute atomic E-state index is 12.1. The van der Waals surface area contributed by atoms with Crippen molar-refractivity contribution in [2.45, 2.75) is 43.8 Å². The van der Waals surface area contributed by atoms with Crippen molar-refractivity contribution in [3.63, 3.8) is 0 Å². The van der Waals surface area contributed by atoms with Crippen LogP contribution in [0.3, 0.4) is 0 Å². The summed E-state index contributed by atoms with van der Waals surface area (Å²) in [4.78, 5) is 24.1. The van der Waals surface area contributed by atoms with E-state index in [1.54, 1.807) is 23.9 Å². The van der Waals surface area contributed by atoms with E-state index in [-0.39, 0.29) is 12.2 Å². The van der Waals surface area contributed by atoms with Gasteiger partial charge in [0.05, 0.1) is 6.61 Å². The average molecular weight is 416 g/mol. The van der Waals surface area contributed by atoms with Crippen molar-refractivity contribution in [1.29, 1.82) is 0 Å². The number of carbonyl (C=O) groups excluding carboxylic acids is 2. The molecule has 0 heterocycles. The van der Waals surface area contributed by atoms with Crippen LogP contribution in [0, 0.1) is 0 Å². The Kier molecular flexibility index (Phi) is 10.9. The zero-order valence-corrected chi connectivity index (χ0v) is 16.8. The Hall–Kier alpha value is -1.85. The molecule has 0 saturated carbocycles. The number of rotatable bonds is 11. The number of ether oxygens (including phenoxy) is 1. The Morgan fingerprint density at radius 3 is 2.61 bits per heavy atom. The largest absolute Gasteiger partial charge is 0.491 e. The van der Waals surface area contributed by atoms with Crippen molar-refractivity contribution < 1.29 is 29.6 Å². The molecule has 10 heteroatoms. The number of nitrogens with one attached hydrogen (secondary N) is 2. The van der Waals surface area contributed by atoms with Gasteiger partial charge in [-0.05, 0) is 35.6 Å². The Morgan fingerprint density at radius 2 is 1.96 bits per heavy atom. The summed E-state index contributed by atoms with van der Waals surface area (Å²) >= 11 is 1.68. The second-order valence-electron chi connectivity index (χ2n) is 6.44. The normalized spacial score (nSPS) is 14.2. The third-order valence-electron chi connectivity index (χ3n) is 3.63. The van der Waals surface area contributed by atoms with Gasteiger partial charge in [-0.3, -0.25) is 20.4 Å². The zero-order chi connectivity index (χ0) is 21.1. The minimum absolute atomic E-state index is 0.127. The Balaban J connectivity index is 2.49. The highest BCUT2D eigenvalue weighted by molar-refractivity contribution is 7.99. The van der Waals surface area contributed by atoms with E-state index in [1.807, 2.05) is 13.8 Å². The Morgan fingerprint density at radius 1 is 1.25 bits per heavy atom. The minimum atomic E-state index is -1.44. The molecule has 3 atom stereocenters. The van der Waals surface area contributed by atoms with E-state index in [1.165, 1.54) is 12.1 Å². The molecule has 2 amide bonds. The third kappa shape index (κ3) is 8.89. The van der Waals surface area contributed by atoms with Crippen molar-refractivity contribution in [1.82, 2.24) is 10.9 Å². The van der Waals surface area contributed by atoms with Crippen LogP contribution in [0.1, 0.15) is 30.6 Å². The molecule has 0 spiro atoms. The Bertz CT molecular complexity index is 631. The molecule has 0 aliphatic rings. The molecule has 1 rings (SSSR count). The lowest BCUT2D eigenvalue weighted by molar-refractivity contribution is -0.131. The van der Waals surface area contributed by atoms with Crippen LogP contribution in [0.15, 0.2) is 24.3 Å². The summed E-state index contributed by atoms with van der Waals surface area (Å²) in [6.45, 7) is 3.53. The van der Waals surface area contributed by atoms with Gasteiger partial charge in [0.15, 0.2) is 0 Å². The number of hydrazine groups is 1. The standard InChI is InChI=1S/C18H29N3O6S/c1-11(2)28-7-6-15(19)16(24)18(26)21-20-17(25)12-4-3-5-14(8-12)27-10-13(23)9-22/h3-5,8,11,13,15-16,22-24H,6-7,9-10,19H2,1-2H3,(H,20,25)(H,21,26)/t13?,15-,16?/m1/s1. The second-order valence-corrected chi connectivity index (χ2v) is 8.12. The van der Waals surface area contributed by atoms with Gasteiger partial charge in [0.2, 0.25) is 0 Å². The molecular formula is C18H29N3O6S. The molecule has 0 radical (unpaired) electrons. The van der Waals surface area contributed by atoms with Crippen LogP contribution in [-0.4, -0.2) is 69.6 Å². The quantitative estimate of drug-likeness (QED) is 0.262. The van der Waals surface area contributed by atoms with Crippen LogP contribution in [0.2, 0.25) is 0 Å². The predicted octanol–water partition coefficient (Wildman–Crippen LogP) is -0.600. The summed E-state index contributed by atoms with van der Waals surface area (Å²) in [6, 6.07) is 5.32. The fraction of sp³-hybridized carbons (Fsp3) is 0.556. The number of hydrogen-bond donors (Lipinski definition) is 6. The topological polar surface area (TPSA) is 154 Å². The van der Waals surface area contributed by atoms with Crippen LogP contribution < -0.4 is 21.3 Å². The molecule has 0 aliphatic carbocycles. The molecule has 9 nitrogen and oxygen atoms in total. The van der Waals surface area contributed by atoms with Gasteiger partial charge in [-0.25, -0.2) is 0 Å². The van der Waals surface area contributed by atoms with Crippen LogP contribution in [0.25, 0.3) is 0 Å². The van der Waals surface area contributed by atoms with Crippen molar-refractivity contribution in [3.05, 3.63) is 29.8 Å². The molecule has 0 fully saturated rings. The summed E-state index contributed by atoms with van der Waals surface area (Å²) in [5, 5.41) is 28.4. The molecule has 28 heavy (non-hydrogen) atoms. The summed E-state index contributed by atoms with van der Waals surface area (Å²) in [7, 11) is 0. The van der Waals surface area contributed by atoms with Gasteiger partial charge in [-0.15, -0.1) is 0 Å². The number of thioether (sulfide) groups is 1. The summed E-state index contributed by atoms with van der Waals surface area (Å²) in [6.07, 6.45) is -2.01. The van der Waals surface area contributed by atoms with Gasteiger partial charge in [0.1, 0.15) is 24.6 Å². The smallest absolute Gasteiger partial charge is 0.269 e. The fourth-order valence-electron chi connectivity index (χ4n) is 2.03. The molecule has 0 aromatic heterocycles. The molecule has 0 saturated heterocycles. The van der Waals surface area contributed by atoms with Gasteiger partial charge < -0.3 is 25.8 Å². The van der Waals surface area contributed by atoms with E-state index in [4.69, 9.17) is 15.6 Å². The van der Waals surface area contributed by atoms with Crippen LogP contribution in [0.5, 0.6) is 5.75 Å². The van der Waals surface area contributed by atoms with Crippen molar-refractivity contribution >= 4 is 23.6 Å². The summed E-state index contributed by atoms with van der Waals surface area (Å²) in [5.74, 6) is -0.379. The minimum Gasteiger partial charge on any atom is -0.491 e. The summed E-state index contributed by atoms with van der Waals surface area (Å²) in [5.41, 5.74) is 10.4. The first-order valence-electron chi connectivity index (χ1n) is 8.91. The molecule has 2 unspecified atom stereocenters. The van der Waals surface area contributed by atoms with Crippen LogP contribution in [-0.2, 0) is 4.79 Å². The molecule has 0 aliphatic heterocycles. The van der Waals surface area contributed by atoms with Gasteiger partial charge in [-0.2, -0.15) is 11.8 Å². The number of benzene rings is 1. The van der Waals surface area contributed by atoms with E-state index in [2.05, 4.69) is 10.9 Å². The first kappa shape index (κ1) is 24.2. The maximum Gasteiger partial charge on any atom is 0.269 e. The van der Waals surface area contributed by atoms with Crippen LogP contribution in [0.4, 0.5) is 0 Å². The van der Waals surface area contributed by atoms with Gasteiger partial charge in [0, 0.05) is 11.6 Å². The average Bonchev–Trinajstić information content (AvgIpc) is 2.69. The Labute approximate surface area is 168 Å². The zero-order valence-electron chi connectivity index (χ0n) is 16.0. The lowest BCUT2D eigenvalue weighted by atomic mass is 10.1. The van der Waals surface area contributed by atoms with Crippen molar-refractivity contribution in [2.24, 2.45) is 5.73 Å². The fourth-order valence-corrected chi connectivity index (χ4v) is 2.91. The number of nitrogens with two attached hydrogens (primary N) is 1. The number of amides is 2. The van der Waals surface area contributed by atoms with Crippen molar-refractivity contribution in [2.75, 3.05) is 19.0 Å². The monoisotopic (exact) mass is 415 g/mol.